The Bertz CT molecular complexity index is 1550. The lowest BCUT2D eigenvalue weighted by Crippen LogP contribution is -2.66. The smallest absolute Gasteiger partial charge is 0.352 e. The van der Waals surface area contributed by atoms with Crippen molar-refractivity contribution in [3.63, 3.8) is 0 Å². The van der Waals surface area contributed by atoms with Gasteiger partial charge in [-0.2, -0.15) is 4.98 Å². The number of ether oxygens (including phenoxy) is 6. The molecule has 20 nitrogen and oxygen atoms in total. The average molecular weight is 778 g/mol. The van der Waals surface area contributed by atoms with Gasteiger partial charge in [-0.1, -0.05) is 0 Å². The van der Waals surface area contributed by atoms with Crippen molar-refractivity contribution in [2.24, 2.45) is 0 Å². The summed E-state index contributed by atoms with van der Waals surface area (Å²) in [5, 5.41) is 23.6. The third-order valence-electron chi connectivity index (χ3n) is 8.34. The highest BCUT2D eigenvalue weighted by atomic mass is 31.2. The molecule has 0 spiro atoms. The first kappa shape index (κ1) is 43.9. The van der Waals surface area contributed by atoms with Gasteiger partial charge >= 0.3 is 31.1 Å². The Labute approximate surface area is 307 Å². The molecular formula is C32H52N5O15P. The molecule has 1 aromatic rings. The van der Waals surface area contributed by atoms with Gasteiger partial charge in [0.15, 0.2) is 18.5 Å². The van der Waals surface area contributed by atoms with E-state index in [4.69, 9.17) is 38.7 Å². The molecule has 300 valence electrons. The zero-order valence-corrected chi connectivity index (χ0v) is 32.1. The number of amides is 1. The minimum atomic E-state index is -4.43. The molecule has 2 aliphatic heterocycles. The summed E-state index contributed by atoms with van der Waals surface area (Å²) in [4.78, 5) is 65.2. The van der Waals surface area contributed by atoms with E-state index in [1.807, 2.05) is 0 Å². The van der Waals surface area contributed by atoms with Crippen molar-refractivity contribution in [1.29, 1.82) is 0 Å². The first-order chi connectivity index (χ1) is 24.8. The third-order valence-corrected chi connectivity index (χ3v) is 11.8. The standard InChI is InChI=1S/C32H52N5O15P/c1-17(2)37(18(3)4)53(45,32(14-23(43)24(15-38)52-32)36-11-10-26(33)35-31(36)44)48-13-9-12-46-30-27(34-19(5)39)29(50-22(8)42)28(49-21(7)41)25(51-30)16-47-20(6)40/h10-11,17-18,23-25,27-30,38,43H,9,12-16H2,1-8H3,(H,34,39)(H2,33,35,44)/t23-,24+,25+,27+,28+,29+,30+,32-,53?/m0/s1. The van der Waals surface area contributed by atoms with Gasteiger partial charge in [0.2, 0.25) is 11.4 Å². The number of nitrogen functional groups attached to an aromatic ring is 1. The molecule has 2 aliphatic rings. The summed E-state index contributed by atoms with van der Waals surface area (Å²) >= 11 is 0. The second-order valence-electron chi connectivity index (χ2n) is 13.2. The molecule has 0 saturated carbocycles. The fraction of sp³-hybridized carbons (Fsp3) is 0.750. The van der Waals surface area contributed by atoms with Crippen molar-refractivity contribution < 1.29 is 66.9 Å². The average Bonchev–Trinajstić information content (AvgIpc) is 3.38. The number of aliphatic hydroxyl groups excluding tert-OH is 2. The van der Waals surface area contributed by atoms with E-state index in [9.17, 15) is 34.2 Å². The summed E-state index contributed by atoms with van der Waals surface area (Å²) < 4.78 is 58.5. The van der Waals surface area contributed by atoms with Crippen LogP contribution < -0.4 is 16.7 Å². The Morgan fingerprint density at radius 1 is 1.06 bits per heavy atom. The van der Waals surface area contributed by atoms with Crippen molar-refractivity contribution in [2.45, 2.75) is 129 Å². The van der Waals surface area contributed by atoms with E-state index in [1.165, 1.54) is 19.2 Å². The molecule has 2 fully saturated rings. The number of carbonyl (C=O) groups is 4. The zero-order chi connectivity index (χ0) is 39.8. The number of nitrogens with zero attached hydrogens (tertiary/aromatic N) is 3. The number of rotatable bonds is 17. The monoisotopic (exact) mass is 777 g/mol. The van der Waals surface area contributed by atoms with Crippen LogP contribution in [0.5, 0.6) is 0 Å². The lowest BCUT2D eigenvalue weighted by molar-refractivity contribution is -0.278. The maximum atomic E-state index is 15.6. The van der Waals surface area contributed by atoms with E-state index >= 15 is 4.57 Å². The number of hydrogen-bond acceptors (Lipinski definition) is 17. The molecule has 2 saturated heterocycles. The normalized spacial score (nSPS) is 28.4. The van der Waals surface area contributed by atoms with Crippen LogP contribution in [0, 0.1) is 0 Å². The predicted octanol–water partition coefficient (Wildman–Crippen LogP) is -0.0308. The molecule has 9 atom stereocenters. The molecule has 0 bridgehead atoms. The van der Waals surface area contributed by atoms with E-state index in [0.29, 0.717) is 0 Å². The SMILES string of the molecule is CC(=O)N[C@H]1[C@H](OCCCOP(=O)(N(C(C)C)C(C)C)[C@]2(n3ccc(N)nc3=O)C[C@H](O)[C@@H](CO)O2)O[C@H](COC(C)=O)[C@@H](OC(C)=O)[C@@H]1OC(C)=O. The molecule has 21 heteroatoms. The number of aromatic nitrogens is 2. The van der Waals surface area contributed by atoms with Crippen LogP contribution in [0.1, 0.15) is 68.2 Å². The minimum Gasteiger partial charge on any atom is -0.463 e. The summed E-state index contributed by atoms with van der Waals surface area (Å²) in [5.74, 6) is -2.87. The fourth-order valence-corrected chi connectivity index (χ4v) is 9.92. The van der Waals surface area contributed by atoms with Gasteiger partial charge in [0.05, 0.1) is 25.9 Å². The highest BCUT2D eigenvalue weighted by Crippen LogP contribution is 2.70. The van der Waals surface area contributed by atoms with E-state index in [0.717, 1.165) is 25.3 Å². The van der Waals surface area contributed by atoms with Crippen molar-refractivity contribution >= 4 is 37.2 Å². The maximum Gasteiger partial charge on any atom is 0.352 e. The number of carbonyl (C=O) groups excluding carboxylic acids is 4. The molecule has 53 heavy (non-hydrogen) atoms. The van der Waals surface area contributed by atoms with Crippen LogP contribution in [-0.4, -0.2) is 130 Å². The van der Waals surface area contributed by atoms with Gasteiger partial charge in [0.25, 0.3) is 0 Å². The summed E-state index contributed by atoms with van der Waals surface area (Å²) in [6.07, 6.45) is -6.92. The molecule has 0 aromatic carbocycles. The van der Waals surface area contributed by atoms with Gasteiger partial charge in [0, 0.05) is 52.4 Å². The Morgan fingerprint density at radius 2 is 1.68 bits per heavy atom. The molecule has 3 rings (SSSR count). The molecule has 1 amide bonds. The lowest BCUT2D eigenvalue weighted by atomic mass is 9.96. The Morgan fingerprint density at radius 3 is 2.19 bits per heavy atom. The summed E-state index contributed by atoms with van der Waals surface area (Å²) in [7, 11) is -4.43. The van der Waals surface area contributed by atoms with Gasteiger partial charge in [-0.05, 0) is 40.2 Å². The Balaban J connectivity index is 1.96. The van der Waals surface area contributed by atoms with Crippen molar-refractivity contribution in [3.05, 3.63) is 22.7 Å². The third kappa shape index (κ3) is 10.4. The van der Waals surface area contributed by atoms with E-state index < -0.39 is 117 Å². The van der Waals surface area contributed by atoms with E-state index in [1.54, 1.807) is 32.4 Å². The molecule has 0 radical (unpaired) electrons. The van der Waals surface area contributed by atoms with Gasteiger partial charge in [-0.25, -0.2) is 9.46 Å². The number of anilines is 1. The van der Waals surface area contributed by atoms with Crippen molar-refractivity contribution in [3.8, 4) is 0 Å². The van der Waals surface area contributed by atoms with E-state index in [-0.39, 0.29) is 25.5 Å². The fourth-order valence-electron chi connectivity index (χ4n) is 6.52. The minimum absolute atomic E-state index is 0.0117. The largest absolute Gasteiger partial charge is 0.463 e. The first-order valence-corrected chi connectivity index (χ1v) is 18.7. The van der Waals surface area contributed by atoms with Gasteiger partial charge in [0.1, 0.15) is 30.7 Å². The van der Waals surface area contributed by atoms with Crippen molar-refractivity contribution in [2.75, 3.05) is 32.2 Å². The lowest BCUT2D eigenvalue weighted by Gasteiger charge is -2.46. The van der Waals surface area contributed by atoms with Gasteiger partial charge in [-0.15, -0.1) is 0 Å². The molecule has 5 N–H and O–H groups in total. The molecule has 3 heterocycles. The van der Waals surface area contributed by atoms with Crippen molar-refractivity contribution in [1.82, 2.24) is 19.5 Å². The highest BCUT2D eigenvalue weighted by Gasteiger charge is 2.64. The van der Waals surface area contributed by atoms with Crippen LogP contribution in [0.3, 0.4) is 0 Å². The summed E-state index contributed by atoms with van der Waals surface area (Å²) in [5.41, 5.74) is 2.67. The van der Waals surface area contributed by atoms with Crippen LogP contribution in [0.2, 0.25) is 0 Å². The maximum absolute atomic E-state index is 15.6. The second-order valence-corrected chi connectivity index (χ2v) is 15.7. The van der Waals surface area contributed by atoms with Crippen LogP contribution in [0.4, 0.5) is 5.82 Å². The number of esters is 3. The molecular weight excluding hydrogens is 725 g/mol. The number of aliphatic hydroxyl groups is 2. The van der Waals surface area contributed by atoms with Crippen LogP contribution >= 0.6 is 7.52 Å². The van der Waals surface area contributed by atoms with Crippen LogP contribution in [0.25, 0.3) is 0 Å². The summed E-state index contributed by atoms with van der Waals surface area (Å²) in [6.45, 7) is 10.1. The zero-order valence-electron chi connectivity index (χ0n) is 31.2. The number of nitrogens with two attached hydrogens (primary N) is 1. The number of nitrogens with one attached hydrogen (secondary N) is 1. The molecule has 0 aliphatic carbocycles. The van der Waals surface area contributed by atoms with Gasteiger partial charge in [-0.3, -0.25) is 28.3 Å². The van der Waals surface area contributed by atoms with Crippen LogP contribution in [-0.2, 0) is 62.2 Å². The topological polar surface area (TPSA) is 267 Å². The Hall–Kier alpha value is -3.49. The molecule has 1 unspecified atom stereocenters. The predicted molar refractivity (Wildman–Crippen MR) is 184 cm³/mol. The quantitative estimate of drug-likeness (QED) is 0.0700. The van der Waals surface area contributed by atoms with Gasteiger partial charge < -0.3 is 54.2 Å². The molecule has 1 aromatic heterocycles. The number of hydrogen-bond donors (Lipinski definition) is 4. The summed E-state index contributed by atoms with van der Waals surface area (Å²) in [6, 6.07) is -0.813. The van der Waals surface area contributed by atoms with Crippen LogP contribution in [0.15, 0.2) is 17.1 Å². The Kier molecular flexibility index (Phi) is 15.5. The first-order valence-electron chi connectivity index (χ1n) is 17.2. The van der Waals surface area contributed by atoms with E-state index in [2.05, 4.69) is 10.3 Å². The second kappa shape index (κ2) is 18.7. The highest BCUT2D eigenvalue weighted by molar-refractivity contribution is 7.57.